The summed E-state index contributed by atoms with van der Waals surface area (Å²) < 4.78 is 5.55. The van der Waals surface area contributed by atoms with Gasteiger partial charge >= 0.3 is 6.03 Å². The average Bonchev–Trinajstić information content (AvgIpc) is 3.32. The SMILES string of the molecule is CCNC(=O)Nc1ccc(-c2nc(N3CCOC[C@@H]3C)cc(C(C)(C)SC3CCCC3)n2)cc1. The van der Waals surface area contributed by atoms with Crippen LogP contribution in [0, 0.1) is 0 Å². The highest BCUT2D eigenvalue weighted by Gasteiger charge is 2.31. The van der Waals surface area contributed by atoms with E-state index in [-0.39, 0.29) is 16.8 Å². The molecule has 2 N–H and O–H groups in total. The summed E-state index contributed by atoms with van der Waals surface area (Å²) in [5, 5.41) is 6.29. The molecule has 0 unspecified atom stereocenters. The van der Waals surface area contributed by atoms with E-state index in [1.807, 2.05) is 43.0 Å². The molecule has 1 atom stereocenters. The highest BCUT2D eigenvalue weighted by atomic mass is 32.2. The fourth-order valence-electron chi connectivity index (χ4n) is 4.61. The standard InChI is InChI=1S/C26H37N5O2S/c1-5-27-25(32)28-20-12-10-19(11-13-20)24-29-22(26(3,4)34-21-8-6-7-9-21)16-23(30-24)31-14-15-33-17-18(31)2/h10-13,16,18,21H,5-9,14-15,17H2,1-4H3,(H2,27,28,32)/t18-/m0/s1. The van der Waals surface area contributed by atoms with Gasteiger partial charge in [0.15, 0.2) is 5.82 Å². The molecule has 1 aliphatic heterocycles. The smallest absolute Gasteiger partial charge is 0.319 e. The zero-order valence-electron chi connectivity index (χ0n) is 20.8. The van der Waals surface area contributed by atoms with Crippen LogP contribution in [-0.2, 0) is 9.48 Å². The molecule has 2 fully saturated rings. The molecular weight excluding hydrogens is 446 g/mol. The van der Waals surface area contributed by atoms with Crippen LogP contribution in [0.15, 0.2) is 30.3 Å². The lowest BCUT2D eigenvalue weighted by molar-refractivity contribution is 0.0985. The third kappa shape index (κ3) is 6.02. The maximum absolute atomic E-state index is 11.8. The maximum Gasteiger partial charge on any atom is 0.319 e. The van der Waals surface area contributed by atoms with Gasteiger partial charge in [-0.05, 0) is 64.8 Å². The van der Waals surface area contributed by atoms with Crippen molar-refractivity contribution in [3.05, 3.63) is 36.0 Å². The molecule has 2 aromatic rings. The first-order chi connectivity index (χ1) is 16.4. The number of hydrogen-bond acceptors (Lipinski definition) is 6. The molecule has 184 valence electrons. The lowest BCUT2D eigenvalue weighted by Gasteiger charge is -2.35. The average molecular weight is 484 g/mol. The third-order valence-corrected chi connectivity index (χ3v) is 8.10. The molecule has 1 aliphatic carbocycles. The Hall–Kier alpha value is -2.32. The lowest BCUT2D eigenvalue weighted by Crippen LogP contribution is -2.44. The van der Waals surface area contributed by atoms with Gasteiger partial charge in [-0.3, -0.25) is 0 Å². The van der Waals surface area contributed by atoms with E-state index < -0.39 is 0 Å². The summed E-state index contributed by atoms with van der Waals surface area (Å²) in [4.78, 5) is 24.2. The molecule has 1 saturated carbocycles. The Bertz CT molecular complexity index is 976. The molecule has 1 aromatic carbocycles. The Labute approximate surface area is 207 Å². The number of thioether (sulfide) groups is 1. The molecule has 0 radical (unpaired) electrons. The number of anilines is 2. The summed E-state index contributed by atoms with van der Waals surface area (Å²) in [7, 11) is 0. The molecule has 4 rings (SSSR count). The predicted octanol–water partition coefficient (Wildman–Crippen LogP) is 5.42. The van der Waals surface area contributed by atoms with Crippen molar-refractivity contribution in [1.29, 1.82) is 0 Å². The Kier molecular flexibility index (Phi) is 7.99. The number of hydrogen-bond donors (Lipinski definition) is 2. The second-order valence-electron chi connectivity index (χ2n) is 9.65. The molecule has 8 heteroatoms. The van der Waals surface area contributed by atoms with E-state index in [1.54, 1.807) is 0 Å². The number of nitrogens with one attached hydrogen (secondary N) is 2. The Morgan fingerprint density at radius 3 is 2.62 bits per heavy atom. The van der Waals surface area contributed by atoms with Crippen molar-refractivity contribution in [2.24, 2.45) is 0 Å². The summed E-state index contributed by atoms with van der Waals surface area (Å²) in [5.74, 6) is 1.68. The minimum atomic E-state index is -0.206. The summed E-state index contributed by atoms with van der Waals surface area (Å²) in [6.07, 6.45) is 5.24. The second kappa shape index (κ2) is 11.0. The van der Waals surface area contributed by atoms with Crippen molar-refractivity contribution in [3.8, 4) is 11.4 Å². The minimum absolute atomic E-state index is 0.114. The van der Waals surface area contributed by atoms with Crippen LogP contribution in [0.5, 0.6) is 0 Å². The van der Waals surface area contributed by atoms with Gasteiger partial charge in [0.05, 0.1) is 29.7 Å². The van der Waals surface area contributed by atoms with E-state index in [4.69, 9.17) is 14.7 Å². The number of carbonyl (C=O) groups excluding carboxylic acids is 1. The number of nitrogens with zero attached hydrogens (tertiary/aromatic N) is 3. The molecule has 2 amide bonds. The number of urea groups is 1. The van der Waals surface area contributed by atoms with Crippen LogP contribution in [0.2, 0.25) is 0 Å². The van der Waals surface area contributed by atoms with Crippen LogP contribution in [-0.4, -0.2) is 53.6 Å². The predicted molar refractivity (Wildman–Crippen MR) is 141 cm³/mol. The second-order valence-corrected chi connectivity index (χ2v) is 11.6. The molecule has 2 aliphatic rings. The number of carbonyl (C=O) groups is 1. The first kappa shape index (κ1) is 24.8. The molecule has 34 heavy (non-hydrogen) atoms. The van der Waals surface area contributed by atoms with Gasteiger partial charge in [0.2, 0.25) is 0 Å². The van der Waals surface area contributed by atoms with E-state index in [0.717, 1.165) is 35.1 Å². The zero-order chi connectivity index (χ0) is 24.1. The van der Waals surface area contributed by atoms with Crippen molar-refractivity contribution >= 4 is 29.3 Å². The van der Waals surface area contributed by atoms with Crippen molar-refractivity contribution in [1.82, 2.24) is 15.3 Å². The van der Waals surface area contributed by atoms with Crippen LogP contribution in [0.3, 0.4) is 0 Å². The molecule has 2 heterocycles. The summed E-state index contributed by atoms with van der Waals surface area (Å²) >= 11 is 2.05. The van der Waals surface area contributed by atoms with Crippen molar-refractivity contribution in [2.45, 2.75) is 69.4 Å². The quantitative estimate of drug-likeness (QED) is 0.547. The number of aromatic nitrogens is 2. The van der Waals surface area contributed by atoms with Crippen LogP contribution in [0.4, 0.5) is 16.3 Å². The number of ether oxygens (including phenoxy) is 1. The Morgan fingerprint density at radius 2 is 1.94 bits per heavy atom. The van der Waals surface area contributed by atoms with E-state index in [0.29, 0.717) is 25.0 Å². The van der Waals surface area contributed by atoms with E-state index >= 15 is 0 Å². The lowest BCUT2D eigenvalue weighted by atomic mass is 10.1. The van der Waals surface area contributed by atoms with Gasteiger partial charge in [0, 0.05) is 35.7 Å². The first-order valence-electron chi connectivity index (χ1n) is 12.4. The van der Waals surface area contributed by atoms with E-state index in [9.17, 15) is 4.79 Å². The van der Waals surface area contributed by atoms with Gasteiger partial charge in [-0.2, -0.15) is 0 Å². The molecule has 7 nitrogen and oxygen atoms in total. The van der Waals surface area contributed by atoms with Gasteiger partial charge < -0.3 is 20.3 Å². The molecule has 0 spiro atoms. The summed E-state index contributed by atoms with van der Waals surface area (Å²) in [5.41, 5.74) is 2.74. The highest BCUT2D eigenvalue weighted by Crippen LogP contribution is 2.44. The number of morpholine rings is 1. The molecule has 1 aromatic heterocycles. The Morgan fingerprint density at radius 1 is 1.21 bits per heavy atom. The van der Waals surface area contributed by atoms with Gasteiger partial charge in [-0.25, -0.2) is 14.8 Å². The van der Waals surface area contributed by atoms with E-state index in [1.165, 1.54) is 25.7 Å². The first-order valence-corrected chi connectivity index (χ1v) is 13.3. The fraction of sp³-hybridized carbons (Fsp3) is 0.577. The zero-order valence-corrected chi connectivity index (χ0v) is 21.6. The molecular formula is C26H37N5O2S. The number of benzene rings is 1. The van der Waals surface area contributed by atoms with Gasteiger partial charge in [0.1, 0.15) is 5.82 Å². The maximum atomic E-state index is 11.8. The van der Waals surface area contributed by atoms with Gasteiger partial charge in [-0.1, -0.05) is 12.8 Å². The van der Waals surface area contributed by atoms with Crippen molar-refractivity contribution < 1.29 is 9.53 Å². The third-order valence-electron chi connectivity index (χ3n) is 6.49. The van der Waals surface area contributed by atoms with Crippen LogP contribution in [0.25, 0.3) is 11.4 Å². The summed E-state index contributed by atoms with van der Waals surface area (Å²) in [6.45, 7) is 11.5. The van der Waals surface area contributed by atoms with Gasteiger partial charge in [0.25, 0.3) is 0 Å². The van der Waals surface area contributed by atoms with Crippen LogP contribution >= 0.6 is 11.8 Å². The highest BCUT2D eigenvalue weighted by molar-refractivity contribution is 8.00. The number of rotatable bonds is 7. The molecule has 1 saturated heterocycles. The number of amides is 2. The van der Waals surface area contributed by atoms with Crippen molar-refractivity contribution in [2.75, 3.05) is 36.5 Å². The largest absolute Gasteiger partial charge is 0.377 e. The van der Waals surface area contributed by atoms with Crippen LogP contribution in [0.1, 0.15) is 59.1 Å². The van der Waals surface area contributed by atoms with Gasteiger partial charge in [-0.15, -0.1) is 11.8 Å². The molecule has 0 bridgehead atoms. The summed E-state index contributed by atoms with van der Waals surface area (Å²) in [6, 6.07) is 9.99. The van der Waals surface area contributed by atoms with Crippen LogP contribution < -0.4 is 15.5 Å². The van der Waals surface area contributed by atoms with E-state index in [2.05, 4.69) is 42.4 Å². The fourth-order valence-corrected chi connectivity index (χ4v) is 6.24. The Balaban J connectivity index is 1.66. The van der Waals surface area contributed by atoms with Crippen molar-refractivity contribution in [3.63, 3.8) is 0 Å². The topological polar surface area (TPSA) is 79.4 Å². The minimum Gasteiger partial charge on any atom is -0.377 e. The monoisotopic (exact) mass is 483 g/mol. The normalized spacial score (nSPS) is 19.3.